The third kappa shape index (κ3) is 2.26. The van der Waals surface area contributed by atoms with Crippen LogP contribution in [0.4, 0.5) is 4.39 Å². The van der Waals surface area contributed by atoms with E-state index >= 15 is 4.39 Å². The van der Waals surface area contributed by atoms with E-state index in [1.807, 2.05) is 0 Å². The van der Waals surface area contributed by atoms with Gasteiger partial charge in [0.05, 0.1) is 11.0 Å². The fourth-order valence-corrected chi connectivity index (χ4v) is 7.74. The van der Waals surface area contributed by atoms with Gasteiger partial charge in [-0.3, -0.25) is 9.59 Å². The van der Waals surface area contributed by atoms with Gasteiger partial charge in [0.25, 0.3) is 0 Å². The highest BCUT2D eigenvalue weighted by atomic mass is 35.5. The highest BCUT2D eigenvalue weighted by Gasteiger charge is 2.75. The van der Waals surface area contributed by atoms with Crippen molar-refractivity contribution in [2.45, 2.75) is 62.8 Å². The molecule has 4 rings (SSSR count). The number of aliphatic hydroxyl groups is 3. The summed E-state index contributed by atoms with van der Waals surface area (Å²) in [6.45, 7) is 4.46. The molecule has 9 atom stereocenters. The second-order valence-electron chi connectivity index (χ2n) is 9.84. The Hall–Kier alpha value is -1.08. The van der Waals surface area contributed by atoms with Gasteiger partial charge in [0, 0.05) is 10.8 Å². The molecule has 0 spiro atoms. The predicted molar refractivity (Wildman–Crippen MR) is 105 cm³/mol. The molecule has 2 unspecified atom stereocenters. The van der Waals surface area contributed by atoms with Gasteiger partial charge in [-0.25, -0.2) is 4.39 Å². The molecule has 4 aliphatic rings. The lowest BCUT2D eigenvalue weighted by Crippen LogP contribution is -2.70. The van der Waals surface area contributed by atoms with Gasteiger partial charge in [-0.1, -0.05) is 26.8 Å². The minimum atomic E-state index is -1.81. The van der Waals surface area contributed by atoms with E-state index in [0.29, 0.717) is 6.42 Å². The third-order valence-corrected chi connectivity index (χ3v) is 9.70. The van der Waals surface area contributed by atoms with Crippen LogP contribution in [0.3, 0.4) is 0 Å². The zero-order valence-corrected chi connectivity index (χ0v) is 17.6. The van der Waals surface area contributed by atoms with Crippen LogP contribution in [0.25, 0.3) is 0 Å². The molecule has 3 saturated carbocycles. The van der Waals surface area contributed by atoms with Crippen LogP contribution < -0.4 is 0 Å². The van der Waals surface area contributed by atoms with Crippen LogP contribution >= 0.6 is 11.6 Å². The smallest absolute Gasteiger partial charge is 0.190 e. The van der Waals surface area contributed by atoms with Crippen molar-refractivity contribution in [1.82, 2.24) is 0 Å². The van der Waals surface area contributed by atoms with Gasteiger partial charge in [-0.2, -0.15) is 0 Å². The van der Waals surface area contributed by atoms with Gasteiger partial charge in [-0.05, 0) is 54.7 Å². The van der Waals surface area contributed by atoms with E-state index in [1.165, 1.54) is 12.2 Å². The number of hydrogen-bond acceptors (Lipinski definition) is 5. The van der Waals surface area contributed by atoms with Crippen molar-refractivity contribution < 1.29 is 29.3 Å². The molecule has 4 aliphatic carbocycles. The minimum absolute atomic E-state index is 0.0134. The fourth-order valence-electron chi connectivity index (χ4n) is 7.25. The molecule has 3 N–H and O–H groups in total. The van der Waals surface area contributed by atoms with Gasteiger partial charge in [0.15, 0.2) is 11.6 Å². The van der Waals surface area contributed by atoms with Gasteiger partial charge in [0.2, 0.25) is 0 Å². The van der Waals surface area contributed by atoms with Gasteiger partial charge < -0.3 is 15.3 Å². The molecule has 0 aromatic carbocycles. The first-order valence-electron chi connectivity index (χ1n) is 10.2. The molecule has 0 saturated heterocycles. The Bertz CT molecular complexity index is 841. The van der Waals surface area contributed by atoms with Crippen LogP contribution in [0.5, 0.6) is 0 Å². The number of rotatable bonds is 2. The van der Waals surface area contributed by atoms with Crippen LogP contribution in [-0.2, 0) is 9.59 Å². The van der Waals surface area contributed by atoms with Crippen molar-refractivity contribution in [3.8, 4) is 0 Å². The lowest BCUT2D eigenvalue weighted by Gasteiger charge is -2.64. The normalized spacial score (nSPS) is 53.7. The first kappa shape index (κ1) is 21.2. The Morgan fingerprint density at radius 2 is 1.97 bits per heavy atom. The minimum Gasteiger partial charge on any atom is -0.391 e. The standard InChI is InChI=1S/C22H28ClFO5/c1-11-6-13-14-8-16(24)15-7-12(26)4-5-19(15,2)21(14,23)17(27)9-20(13,3)22(11,29)18(28)10-25/h4-5,7,11,13-14,16-17,25,27,29H,6,8-10H2,1-3H3/t11-,13?,14?,16+,17+,19+,20+,21+,22+/m1/s1. The summed E-state index contributed by atoms with van der Waals surface area (Å²) in [6, 6.07) is 0. The molecule has 0 amide bonds. The van der Waals surface area contributed by atoms with Crippen molar-refractivity contribution in [3.05, 3.63) is 23.8 Å². The maximum Gasteiger partial charge on any atom is 0.190 e. The maximum atomic E-state index is 15.3. The van der Waals surface area contributed by atoms with Crippen LogP contribution in [0.2, 0.25) is 0 Å². The molecule has 29 heavy (non-hydrogen) atoms. The van der Waals surface area contributed by atoms with Gasteiger partial charge >= 0.3 is 0 Å². The lowest BCUT2D eigenvalue weighted by molar-refractivity contribution is -0.181. The summed E-state index contributed by atoms with van der Waals surface area (Å²) in [5, 5.41) is 32.3. The number of ketones is 2. The van der Waals surface area contributed by atoms with E-state index in [9.17, 15) is 24.9 Å². The van der Waals surface area contributed by atoms with E-state index in [1.54, 1.807) is 26.8 Å². The molecule has 0 bridgehead atoms. The second kappa shape index (κ2) is 6.22. The average molecular weight is 427 g/mol. The second-order valence-corrected chi connectivity index (χ2v) is 10.5. The predicted octanol–water partition coefficient (Wildman–Crippen LogP) is 2.11. The summed E-state index contributed by atoms with van der Waals surface area (Å²) in [5.74, 6) is -2.27. The SMILES string of the molecule is C[C@@H]1CC2C3C[C@H](F)C4=CC(=O)C=C[C@]4(C)[C@@]3(Cl)[C@@H](O)C[C@]2(C)[C@@]1(O)C(=O)CO. The average Bonchev–Trinajstić information content (AvgIpc) is 2.86. The molecule has 0 heterocycles. The number of halogens is 2. The Morgan fingerprint density at radius 3 is 2.59 bits per heavy atom. The van der Waals surface area contributed by atoms with Crippen molar-refractivity contribution in [2.75, 3.05) is 6.61 Å². The summed E-state index contributed by atoms with van der Waals surface area (Å²) in [6.07, 6.45) is 2.21. The summed E-state index contributed by atoms with van der Waals surface area (Å²) in [7, 11) is 0. The molecule has 0 aliphatic heterocycles. The largest absolute Gasteiger partial charge is 0.391 e. The Morgan fingerprint density at radius 1 is 1.31 bits per heavy atom. The molecule has 5 nitrogen and oxygen atoms in total. The monoisotopic (exact) mass is 426 g/mol. The molecule has 0 aromatic rings. The lowest BCUT2D eigenvalue weighted by atomic mass is 9.45. The highest BCUT2D eigenvalue weighted by Crippen LogP contribution is 2.71. The summed E-state index contributed by atoms with van der Waals surface area (Å²) in [5.41, 5.74) is -3.63. The van der Waals surface area contributed by atoms with E-state index < -0.39 is 57.8 Å². The number of carbonyl (C=O) groups is 2. The Labute approximate surface area is 174 Å². The number of fused-ring (bicyclic) bond motifs is 5. The topological polar surface area (TPSA) is 94.8 Å². The highest BCUT2D eigenvalue weighted by molar-refractivity contribution is 6.26. The number of allylic oxidation sites excluding steroid dienone is 4. The Kier molecular flexibility index (Phi) is 4.54. The summed E-state index contributed by atoms with van der Waals surface area (Å²) >= 11 is 7.20. The number of alkyl halides is 2. The molecule has 7 heteroatoms. The molecule has 3 fully saturated rings. The van der Waals surface area contributed by atoms with E-state index in [0.717, 1.165) is 0 Å². The quantitative estimate of drug-likeness (QED) is 0.588. The number of aliphatic hydroxyl groups excluding tert-OH is 2. The first-order valence-corrected chi connectivity index (χ1v) is 10.6. The van der Waals surface area contributed by atoms with Crippen molar-refractivity contribution in [2.24, 2.45) is 28.6 Å². The van der Waals surface area contributed by atoms with E-state index in [2.05, 4.69) is 0 Å². The van der Waals surface area contributed by atoms with E-state index in [4.69, 9.17) is 11.6 Å². The summed E-state index contributed by atoms with van der Waals surface area (Å²) in [4.78, 5) is 23.2. The zero-order valence-electron chi connectivity index (χ0n) is 16.9. The van der Waals surface area contributed by atoms with Crippen molar-refractivity contribution in [1.29, 1.82) is 0 Å². The van der Waals surface area contributed by atoms with Crippen LogP contribution in [0.15, 0.2) is 23.8 Å². The number of Topliss-reactive ketones (excluding diaryl/α,β-unsaturated/α-hetero) is 1. The van der Waals surface area contributed by atoms with Gasteiger partial charge in [-0.15, -0.1) is 11.6 Å². The van der Waals surface area contributed by atoms with Crippen LogP contribution in [-0.4, -0.2) is 56.2 Å². The molecule has 0 radical (unpaired) electrons. The van der Waals surface area contributed by atoms with Crippen LogP contribution in [0, 0.1) is 28.6 Å². The summed E-state index contributed by atoms with van der Waals surface area (Å²) < 4.78 is 15.3. The molecular formula is C22H28ClFO5. The number of carbonyl (C=O) groups excluding carboxylic acids is 2. The molecular weight excluding hydrogens is 399 g/mol. The maximum absolute atomic E-state index is 15.3. The van der Waals surface area contributed by atoms with Gasteiger partial charge in [0.1, 0.15) is 18.4 Å². The number of hydrogen-bond donors (Lipinski definition) is 3. The molecule has 160 valence electrons. The van der Waals surface area contributed by atoms with E-state index in [-0.39, 0.29) is 30.1 Å². The van der Waals surface area contributed by atoms with Crippen molar-refractivity contribution in [3.63, 3.8) is 0 Å². The van der Waals surface area contributed by atoms with Crippen molar-refractivity contribution >= 4 is 23.2 Å². The zero-order chi connectivity index (χ0) is 21.6. The molecule has 0 aromatic heterocycles. The first-order chi connectivity index (χ1) is 13.4. The third-order valence-electron chi connectivity index (χ3n) is 8.78. The van der Waals surface area contributed by atoms with Crippen LogP contribution in [0.1, 0.15) is 40.0 Å². The fraction of sp³-hybridized carbons (Fsp3) is 0.727. The Balaban J connectivity index is 1.87.